The Kier molecular flexibility index (Phi) is 3.08. The lowest BCUT2D eigenvalue weighted by molar-refractivity contribution is 0.460. The number of nitriles is 1. The number of hydrogen-bond acceptors (Lipinski definition) is 5. The standard InChI is InChI=1S/C11H7ClN4O/c12-9-5-15-6-16-11(9)17-10-2-1-8(14)3-7(10)4-13/h1-3,5-6H,14H2. The molecule has 0 atom stereocenters. The van der Waals surface area contributed by atoms with Gasteiger partial charge in [-0.05, 0) is 18.2 Å². The molecule has 0 spiro atoms. The van der Waals surface area contributed by atoms with Crippen molar-refractivity contribution in [1.82, 2.24) is 9.97 Å². The number of ether oxygens (including phenoxy) is 1. The fraction of sp³-hybridized carbons (Fsp3) is 0. The molecule has 0 aliphatic rings. The summed E-state index contributed by atoms with van der Waals surface area (Å²) in [6, 6.07) is 6.72. The van der Waals surface area contributed by atoms with E-state index in [4.69, 9.17) is 27.3 Å². The predicted octanol–water partition coefficient (Wildman–Crippen LogP) is 2.38. The van der Waals surface area contributed by atoms with Gasteiger partial charge in [-0.3, -0.25) is 0 Å². The molecular formula is C11H7ClN4O. The van der Waals surface area contributed by atoms with E-state index < -0.39 is 0 Å². The van der Waals surface area contributed by atoms with Gasteiger partial charge in [0.05, 0.1) is 11.8 Å². The van der Waals surface area contributed by atoms with Gasteiger partial charge in [-0.1, -0.05) is 11.6 Å². The first-order valence-electron chi connectivity index (χ1n) is 4.63. The second kappa shape index (κ2) is 4.68. The summed E-state index contributed by atoms with van der Waals surface area (Å²) in [5, 5.41) is 9.21. The van der Waals surface area contributed by atoms with E-state index >= 15 is 0 Å². The van der Waals surface area contributed by atoms with Crippen molar-refractivity contribution in [2.45, 2.75) is 0 Å². The van der Waals surface area contributed by atoms with Crippen LogP contribution in [0, 0.1) is 11.3 Å². The Balaban J connectivity index is 2.37. The van der Waals surface area contributed by atoms with Crippen molar-refractivity contribution < 1.29 is 4.74 Å². The van der Waals surface area contributed by atoms with Crippen LogP contribution in [0.15, 0.2) is 30.7 Å². The van der Waals surface area contributed by atoms with Gasteiger partial charge in [-0.2, -0.15) is 5.26 Å². The van der Waals surface area contributed by atoms with Crippen LogP contribution in [0.3, 0.4) is 0 Å². The Morgan fingerprint density at radius 2 is 2.24 bits per heavy atom. The van der Waals surface area contributed by atoms with E-state index in [9.17, 15) is 0 Å². The summed E-state index contributed by atoms with van der Waals surface area (Å²) < 4.78 is 5.43. The first-order chi connectivity index (χ1) is 8.20. The summed E-state index contributed by atoms with van der Waals surface area (Å²) in [5.41, 5.74) is 6.38. The summed E-state index contributed by atoms with van der Waals surface area (Å²) in [4.78, 5) is 7.60. The van der Waals surface area contributed by atoms with Crippen LogP contribution >= 0.6 is 11.6 Å². The van der Waals surface area contributed by atoms with Crippen LogP contribution in [-0.4, -0.2) is 9.97 Å². The van der Waals surface area contributed by atoms with Gasteiger partial charge in [-0.25, -0.2) is 9.97 Å². The molecule has 0 aliphatic carbocycles. The van der Waals surface area contributed by atoms with E-state index in [1.807, 2.05) is 6.07 Å². The smallest absolute Gasteiger partial charge is 0.241 e. The van der Waals surface area contributed by atoms with Crippen LogP contribution in [0.5, 0.6) is 11.6 Å². The molecule has 0 fully saturated rings. The van der Waals surface area contributed by atoms with E-state index in [0.29, 0.717) is 17.0 Å². The number of hydrogen-bond donors (Lipinski definition) is 1. The van der Waals surface area contributed by atoms with Crippen molar-refractivity contribution >= 4 is 17.3 Å². The van der Waals surface area contributed by atoms with Crippen molar-refractivity contribution in [3.8, 4) is 17.7 Å². The highest BCUT2D eigenvalue weighted by molar-refractivity contribution is 6.31. The molecule has 2 rings (SSSR count). The lowest BCUT2D eigenvalue weighted by atomic mass is 10.2. The topological polar surface area (TPSA) is 84.8 Å². The van der Waals surface area contributed by atoms with Gasteiger partial charge in [0.1, 0.15) is 23.2 Å². The van der Waals surface area contributed by atoms with Crippen molar-refractivity contribution in [3.63, 3.8) is 0 Å². The Morgan fingerprint density at radius 3 is 2.94 bits per heavy atom. The summed E-state index contributed by atoms with van der Waals surface area (Å²) >= 11 is 5.84. The maximum Gasteiger partial charge on any atom is 0.241 e. The number of nitrogens with two attached hydrogens (primary N) is 1. The number of aromatic nitrogens is 2. The second-order valence-electron chi connectivity index (χ2n) is 3.15. The molecular weight excluding hydrogens is 240 g/mol. The minimum absolute atomic E-state index is 0.197. The fourth-order valence-corrected chi connectivity index (χ4v) is 1.35. The quantitative estimate of drug-likeness (QED) is 0.823. The van der Waals surface area contributed by atoms with Gasteiger partial charge in [-0.15, -0.1) is 0 Å². The maximum atomic E-state index is 8.94. The van der Waals surface area contributed by atoms with E-state index in [1.54, 1.807) is 12.1 Å². The third-order valence-corrected chi connectivity index (χ3v) is 2.22. The number of anilines is 1. The first-order valence-corrected chi connectivity index (χ1v) is 5.01. The van der Waals surface area contributed by atoms with Crippen LogP contribution in [0.4, 0.5) is 5.69 Å². The Hall–Kier alpha value is -2.32. The number of nitrogen functional groups attached to an aromatic ring is 1. The number of nitrogens with zero attached hydrogens (tertiary/aromatic N) is 3. The average Bonchev–Trinajstić information content (AvgIpc) is 2.34. The van der Waals surface area contributed by atoms with Gasteiger partial charge in [0.25, 0.3) is 0 Å². The van der Waals surface area contributed by atoms with Crippen LogP contribution in [0.2, 0.25) is 5.02 Å². The molecule has 1 aromatic carbocycles. The molecule has 0 unspecified atom stereocenters. The summed E-state index contributed by atoms with van der Waals surface area (Å²) in [5.74, 6) is 0.547. The molecule has 0 aliphatic heterocycles. The number of benzene rings is 1. The zero-order valence-corrected chi connectivity index (χ0v) is 9.35. The lowest BCUT2D eigenvalue weighted by Crippen LogP contribution is -1.94. The van der Waals surface area contributed by atoms with E-state index in [-0.39, 0.29) is 10.9 Å². The molecule has 1 heterocycles. The largest absolute Gasteiger partial charge is 0.436 e. The molecule has 0 saturated heterocycles. The minimum atomic E-state index is 0.197. The number of halogens is 1. The second-order valence-corrected chi connectivity index (χ2v) is 3.55. The van der Waals surface area contributed by atoms with E-state index in [2.05, 4.69) is 9.97 Å². The fourth-order valence-electron chi connectivity index (χ4n) is 1.20. The zero-order chi connectivity index (χ0) is 12.3. The minimum Gasteiger partial charge on any atom is -0.436 e. The SMILES string of the molecule is N#Cc1cc(N)ccc1Oc1ncncc1Cl. The van der Waals surface area contributed by atoms with Crippen LogP contribution in [0.25, 0.3) is 0 Å². The third-order valence-electron chi connectivity index (χ3n) is 1.96. The Bertz CT molecular complexity index is 594. The van der Waals surface area contributed by atoms with Crippen molar-refractivity contribution in [1.29, 1.82) is 5.26 Å². The maximum absolute atomic E-state index is 8.94. The van der Waals surface area contributed by atoms with Gasteiger partial charge < -0.3 is 10.5 Å². The van der Waals surface area contributed by atoms with Crippen LogP contribution in [-0.2, 0) is 0 Å². The molecule has 0 bridgehead atoms. The molecule has 0 amide bonds. The van der Waals surface area contributed by atoms with Crippen LogP contribution in [0.1, 0.15) is 5.56 Å². The molecule has 2 N–H and O–H groups in total. The molecule has 6 heteroatoms. The number of rotatable bonds is 2. The van der Waals surface area contributed by atoms with Crippen molar-refractivity contribution in [3.05, 3.63) is 41.3 Å². The van der Waals surface area contributed by atoms with Gasteiger partial charge in [0.2, 0.25) is 5.88 Å². The molecule has 5 nitrogen and oxygen atoms in total. The van der Waals surface area contributed by atoms with Crippen molar-refractivity contribution in [2.75, 3.05) is 5.73 Å². The van der Waals surface area contributed by atoms with Gasteiger partial charge in [0, 0.05) is 5.69 Å². The van der Waals surface area contributed by atoms with Gasteiger partial charge >= 0.3 is 0 Å². The summed E-state index contributed by atoms with van der Waals surface area (Å²) in [6.45, 7) is 0. The first kappa shape index (κ1) is 11.2. The molecule has 1 aromatic heterocycles. The predicted molar refractivity (Wildman–Crippen MR) is 62.7 cm³/mol. The Labute approximate surface area is 102 Å². The molecule has 17 heavy (non-hydrogen) atoms. The Morgan fingerprint density at radius 1 is 1.41 bits per heavy atom. The van der Waals surface area contributed by atoms with Crippen molar-refractivity contribution in [2.24, 2.45) is 0 Å². The average molecular weight is 247 g/mol. The summed E-state index contributed by atoms with van der Waals surface area (Å²) in [6.07, 6.45) is 2.72. The van der Waals surface area contributed by atoms with Crippen LogP contribution < -0.4 is 10.5 Å². The molecule has 0 radical (unpaired) electrons. The lowest BCUT2D eigenvalue weighted by Gasteiger charge is -2.07. The monoisotopic (exact) mass is 246 g/mol. The summed E-state index contributed by atoms with van der Waals surface area (Å²) in [7, 11) is 0. The van der Waals surface area contributed by atoms with E-state index in [1.165, 1.54) is 18.6 Å². The molecule has 84 valence electrons. The highest BCUT2D eigenvalue weighted by Gasteiger charge is 2.08. The van der Waals surface area contributed by atoms with E-state index in [0.717, 1.165) is 0 Å². The van der Waals surface area contributed by atoms with Gasteiger partial charge in [0.15, 0.2) is 0 Å². The highest BCUT2D eigenvalue weighted by atomic mass is 35.5. The molecule has 2 aromatic rings. The zero-order valence-electron chi connectivity index (χ0n) is 8.59. The highest BCUT2D eigenvalue weighted by Crippen LogP contribution is 2.29. The molecule has 0 saturated carbocycles. The third kappa shape index (κ3) is 2.44. The normalized spacial score (nSPS) is 9.65.